The largest absolute Gasteiger partial charge is 0.323 e. The molecule has 0 saturated heterocycles. The van der Waals surface area contributed by atoms with Crippen LogP contribution in [-0.2, 0) is 0 Å². The zero-order chi connectivity index (χ0) is 10.1. The summed E-state index contributed by atoms with van der Waals surface area (Å²) in [5, 5.41) is 0. The third-order valence-electron chi connectivity index (χ3n) is 2.33. The van der Waals surface area contributed by atoms with Crippen molar-refractivity contribution in [1.82, 2.24) is 9.97 Å². The first-order valence-corrected chi connectivity index (χ1v) is 4.53. The van der Waals surface area contributed by atoms with E-state index in [-0.39, 0.29) is 5.69 Å². The lowest BCUT2D eigenvalue weighted by molar-refractivity contribution is 1.16. The standard InChI is InChI=1S/C11H12N2O/c1-7-5-3-4-6-9(7)10-8(2)12-11(14)13-10/h3-6H,1-2H3,(H2,12,13,14). The van der Waals surface area contributed by atoms with Crippen molar-refractivity contribution in [2.24, 2.45) is 0 Å². The van der Waals surface area contributed by atoms with Crippen molar-refractivity contribution in [3.05, 3.63) is 46.0 Å². The molecule has 0 unspecified atom stereocenters. The highest BCUT2D eigenvalue weighted by Gasteiger charge is 2.06. The summed E-state index contributed by atoms with van der Waals surface area (Å²) in [6.07, 6.45) is 0. The van der Waals surface area contributed by atoms with Crippen LogP contribution in [0.3, 0.4) is 0 Å². The lowest BCUT2D eigenvalue weighted by Crippen LogP contribution is -2.00. The SMILES string of the molecule is Cc1ccccc1-c1[nH]c(=O)[nH]c1C. The third kappa shape index (κ3) is 1.37. The Morgan fingerprint density at radius 3 is 2.36 bits per heavy atom. The molecule has 0 amide bonds. The normalized spacial score (nSPS) is 10.4. The van der Waals surface area contributed by atoms with E-state index in [2.05, 4.69) is 9.97 Å². The van der Waals surface area contributed by atoms with Crippen molar-refractivity contribution >= 4 is 0 Å². The van der Waals surface area contributed by atoms with E-state index >= 15 is 0 Å². The second-order valence-electron chi connectivity index (χ2n) is 3.39. The van der Waals surface area contributed by atoms with E-state index in [1.54, 1.807) is 0 Å². The monoisotopic (exact) mass is 188 g/mol. The molecule has 1 aromatic carbocycles. The molecule has 0 spiro atoms. The zero-order valence-electron chi connectivity index (χ0n) is 8.22. The topological polar surface area (TPSA) is 48.6 Å². The zero-order valence-corrected chi connectivity index (χ0v) is 8.22. The van der Waals surface area contributed by atoms with Gasteiger partial charge in [-0.05, 0) is 19.4 Å². The summed E-state index contributed by atoms with van der Waals surface area (Å²) < 4.78 is 0. The molecule has 1 heterocycles. The van der Waals surface area contributed by atoms with Crippen molar-refractivity contribution < 1.29 is 0 Å². The molecule has 2 aromatic rings. The van der Waals surface area contributed by atoms with Crippen LogP contribution in [0.1, 0.15) is 11.3 Å². The van der Waals surface area contributed by atoms with Crippen LogP contribution in [-0.4, -0.2) is 9.97 Å². The molecule has 0 fully saturated rings. The van der Waals surface area contributed by atoms with Gasteiger partial charge in [0, 0.05) is 11.3 Å². The van der Waals surface area contributed by atoms with Gasteiger partial charge in [-0.2, -0.15) is 0 Å². The Morgan fingerprint density at radius 1 is 1.07 bits per heavy atom. The van der Waals surface area contributed by atoms with Gasteiger partial charge in [0.1, 0.15) is 0 Å². The summed E-state index contributed by atoms with van der Waals surface area (Å²) in [4.78, 5) is 16.6. The quantitative estimate of drug-likeness (QED) is 0.706. The van der Waals surface area contributed by atoms with Gasteiger partial charge in [0.05, 0.1) is 5.69 Å². The summed E-state index contributed by atoms with van der Waals surface area (Å²) in [5.41, 5.74) is 3.84. The van der Waals surface area contributed by atoms with Crippen LogP contribution in [0.25, 0.3) is 11.3 Å². The van der Waals surface area contributed by atoms with Gasteiger partial charge in [-0.25, -0.2) is 4.79 Å². The Balaban J connectivity index is 2.66. The van der Waals surface area contributed by atoms with Gasteiger partial charge in [-0.15, -0.1) is 0 Å². The maximum atomic E-state index is 11.1. The molecule has 14 heavy (non-hydrogen) atoms. The highest BCUT2D eigenvalue weighted by atomic mass is 16.1. The molecule has 0 aliphatic rings. The molecular weight excluding hydrogens is 176 g/mol. The summed E-state index contributed by atoms with van der Waals surface area (Å²) in [6.45, 7) is 3.92. The van der Waals surface area contributed by atoms with Crippen molar-refractivity contribution in [3.8, 4) is 11.3 Å². The first-order valence-electron chi connectivity index (χ1n) is 4.53. The number of aromatic nitrogens is 2. The van der Waals surface area contributed by atoms with E-state index in [0.717, 1.165) is 22.5 Å². The minimum atomic E-state index is -0.152. The van der Waals surface area contributed by atoms with Crippen LogP contribution >= 0.6 is 0 Å². The fourth-order valence-corrected chi connectivity index (χ4v) is 1.59. The second-order valence-corrected chi connectivity index (χ2v) is 3.39. The molecule has 3 heteroatoms. The van der Waals surface area contributed by atoms with Gasteiger partial charge in [0.2, 0.25) is 0 Å². The maximum Gasteiger partial charge on any atom is 0.323 e. The molecule has 0 radical (unpaired) electrons. The van der Waals surface area contributed by atoms with Gasteiger partial charge in [0.25, 0.3) is 0 Å². The van der Waals surface area contributed by atoms with Crippen LogP contribution in [0, 0.1) is 13.8 Å². The highest BCUT2D eigenvalue weighted by molar-refractivity contribution is 5.65. The molecule has 0 saturated carbocycles. The van der Waals surface area contributed by atoms with Crippen molar-refractivity contribution in [2.45, 2.75) is 13.8 Å². The first-order chi connectivity index (χ1) is 6.68. The van der Waals surface area contributed by atoms with Crippen LogP contribution in [0.15, 0.2) is 29.1 Å². The predicted octanol–water partition coefficient (Wildman–Crippen LogP) is 1.99. The number of benzene rings is 1. The summed E-state index contributed by atoms with van der Waals surface area (Å²) in [5.74, 6) is 0. The molecule has 0 aliphatic carbocycles. The van der Waals surface area contributed by atoms with Crippen molar-refractivity contribution in [2.75, 3.05) is 0 Å². The number of nitrogens with one attached hydrogen (secondary N) is 2. The lowest BCUT2D eigenvalue weighted by Gasteiger charge is -2.02. The summed E-state index contributed by atoms with van der Waals surface area (Å²) >= 11 is 0. The van der Waals surface area contributed by atoms with Crippen LogP contribution in [0.4, 0.5) is 0 Å². The summed E-state index contributed by atoms with van der Waals surface area (Å²) in [7, 11) is 0. The van der Waals surface area contributed by atoms with Crippen molar-refractivity contribution in [1.29, 1.82) is 0 Å². The molecule has 0 bridgehead atoms. The van der Waals surface area contributed by atoms with E-state index in [4.69, 9.17) is 0 Å². The highest BCUT2D eigenvalue weighted by Crippen LogP contribution is 2.21. The Bertz CT molecular complexity index is 508. The molecule has 2 N–H and O–H groups in total. The second kappa shape index (κ2) is 3.18. The number of aryl methyl sites for hydroxylation is 2. The molecule has 3 nitrogen and oxygen atoms in total. The van der Waals surface area contributed by atoms with Crippen LogP contribution in [0.2, 0.25) is 0 Å². The van der Waals surface area contributed by atoms with Gasteiger partial charge in [-0.1, -0.05) is 24.3 Å². The first kappa shape index (κ1) is 8.81. The molecule has 72 valence electrons. The number of rotatable bonds is 1. The molecule has 0 atom stereocenters. The molecule has 2 rings (SSSR count). The Morgan fingerprint density at radius 2 is 1.79 bits per heavy atom. The van der Waals surface area contributed by atoms with E-state index in [0.29, 0.717) is 0 Å². The maximum absolute atomic E-state index is 11.1. The fraction of sp³-hybridized carbons (Fsp3) is 0.182. The Labute approximate surface area is 81.8 Å². The van der Waals surface area contributed by atoms with E-state index in [9.17, 15) is 4.79 Å². The Kier molecular flexibility index (Phi) is 2.00. The fourth-order valence-electron chi connectivity index (χ4n) is 1.59. The van der Waals surface area contributed by atoms with E-state index < -0.39 is 0 Å². The lowest BCUT2D eigenvalue weighted by atomic mass is 10.1. The average molecular weight is 188 g/mol. The predicted molar refractivity (Wildman–Crippen MR) is 56.3 cm³/mol. The average Bonchev–Trinajstić information content (AvgIpc) is 2.46. The number of aromatic amines is 2. The minimum Gasteiger partial charge on any atom is -0.310 e. The van der Waals surface area contributed by atoms with Gasteiger partial charge in [0.15, 0.2) is 0 Å². The van der Waals surface area contributed by atoms with Crippen LogP contribution in [0.5, 0.6) is 0 Å². The smallest absolute Gasteiger partial charge is 0.310 e. The van der Waals surface area contributed by atoms with Crippen molar-refractivity contribution in [3.63, 3.8) is 0 Å². The van der Waals surface area contributed by atoms with E-state index in [1.807, 2.05) is 38.1 Å². The number of imidazole rings is 1. The molecule has 1 aromatic heterocycles. The minimum absolute atomic E-state index is 0.152. The number of hydrogen-bond acceptors (Lipinski definition) is 1. The Hall–Kier alpha value is -1.77. The molecular formula is C11H12N2O. The number of H-pyrrole nitrogens is 2. The number of hydrogen-bond donors (Lipinski definition) is 2. The van der Waals surface area contributed by atoms with Gasteiger partial charge >= 0.3 is 5.69 Å². The molecule has 0 aliphatic heterocycles. The summed E-state index contributed by atoms with van der Waals surface area (Å²) in [6, 6.07) is 7.98. The van der Waals surface area contributed by atoms with Gasteiger partial charge < -0.3 is 9.97 Å². The third-order valence-corrected chi connectivity index (χ3v) is 2.33. The van der Waals surface area contributed by atoms with Crippen LogP contribution < -0.4 is 5.69 Å². The van der Waals surface area contributed by atoms with Gasteiger partial charge in [-0.3, -0.25) is 0 Å². The van der Waals surface area contributed by atoms with E-state index in [1.165, 1.54) is 0 Å².